The van der Waals surface area contributed by atoms with Crippen LogP contribution in [0, 0.1) is 5.82 Å². The Hall–Kier alpha value is -3.00. The molecule has 0 radical (unpaired) electrons. The number of rotatable bonds is 4. The third kappa shape index (κ3) is 3.43. The molecule has 7 nitrogen and oxygen atoms in total. The number of aliphatic hydroxyl groups excluding tert-OH is 1. The lowest BCUT2D eigenvalue weighted by atomic mass is 10.1. The summed E-state index contributed by atoms with van der Waals surface area (Å²) < 4.78 is 25.3. The van der Waals surface area contributed by atoms with E-state index in [9.17, 15) is 14.3 Å². The van der Waals surface area contributed by atoms with E-state index in [4.69, 9.17) is 15.2 Å². The number of nitrogens with two attached hydrogens (primary N) is 1. The molecule has 8 heteroatoms. The van der Waals surface area contributed by atoms with Crippen molar-refractivity contribution >= 4 is 17.3 Å². The van der Waals surface area contributed by atoms with Crippen molar-refractivity contribution < 1.29 is 23.8 Å². The van der Waals surface area contributed by atoms with Crippen molar-refractivity contribution in [2.75, 3.05) is 49.2 Å². The van der Waals surface area contributed by atoms with Crippen LogP contribution in [0.3, 0.4) is 0 Å². The van der Waals surface area contributed by atoms with Gasteiger partial charge in [0.1, 0.15) is 12.4 Å². The van der Waals surface area contributed by atoms with Gasteiger partial charge >= 0.3 is 0 Å². The number of piperazine rings is 1. The minimum absolute atomic E-state index is 0.0990. The van der Waals surface area contributed by atoms with Gasteiger partial charge < -0.3 is 30.1 Å². The first kappa shape index (κ1) is 18.4. The minimum Gasteiger partial charge on any atom is -0.484 e. The quantitative estimate of drug-likeness (QED) is 0.824. The third-order valence-electron chi connectivity index (χ3n) is 5.06. The smallest absolute Gasteiger partial charge is 0.250 e. The van der Waals surface area contributed by atoms with Crippen LogP contribution in [-0.2, 0) is 0 Å². The summed E-state index contributed by atoms with van der Waals surface area (Å²) in [7, 11) is 0. The third-order valence-corrected chi connectivity index (χ3v) is 5.06. The fourth-order valence-electron chi connectivity index (χ4n) is 3.63. The Labute approximate surface area is 162 Å². The van der Waals surface area contributed by atoms with E-state index < -0.39 is 11.7 Å². The fraction of sp³-hybridized carbons (Fsp3) is 0.350. The maximum Gasteiger partial charge on any atom is 0.250 e. The van der Waals surface area contributed by atoms with Crippen LogP contribution in [-0.4, -0.2) is 56.5 Å². The highest BCUT2D eigenvalue weighted by molar-refractivity contribution is 5.98. The molecule has 0 bridgehead atoms. The summed E-state index contributed by atoms with van der Waals surface area (Å²) in [4.78, 5) is 15.8. The largest absolute Gasteiger partial charge is 0.484 e. The number of ether oxygens (including phenoxy) is 2. The maximum absolute atomic E-state index is 13.7. The number of carbonyl (C=O) groups excluding carboxylic acids is 1. The van der Waals surface area contributed by atoms with Crippen LogP contribution < -0.4 is 25.0 Å². The molecule has 2 aliphatic heterocycles. The molecule has 0 spiro atoms. The number of hydrogen-bond acceptors (Lipinski definition) is 6. The van der Waals surface area contributed by atoms with Gasteiger partial charge in [-0.05, 0) is 30.3 Å². The number of anilines is 2. The number of hydrogen-bond donors (Lipinski definition) is 2. The molecule has 0 aliphatic carbocycles. The molecule has 1 saturated heterocycles. The van der Waals surface area contributed by atoms with Gasteiger partial charge in [0.15, 0.2) is 17.6 Å². The van der Waals surface area contributed by atoms with Gasteiger partial charge in [-0.15, -0.1) is 0 Å². The van der Waals surface area contributed by atoms with Gasteiger partial charge in [-0.25, -0.2) is 4.39 Å². The van der Waals surface area contributed by atoms with Gasteiger partial charge in [-0.3, -0.25) is 4.79 Å². The zero-order chi connectivity index (χ0) is 19.7. The van der Waals surface area contributed by atoms with E-state index in [-0.39, 0.29) is 12.7 Å². The highest BCUT2D eigenvalue weighted by Gasteiger charge is 2.27. The van der Waals surface area contributed by atoms with Gasteiger partial charge in [0.2, 0.25) is 0 Å². The van der Waals surface area contributed by atoms with Crippen molar-refractivity contribution in [2.45, 2.75) is 6.10 Å². The van der Waals surface area contributed by atoms with E-state index in [2.05, 4.69) is 4.90 Å². The number of amides is 1. The lowest BCUT2D eigenvalue weighted by Gasteiger charge is -2.39. The average molecular weight is 387 g/mol. The normalized spacial score (nSPS) is 18.9. The van der Waals surface area contributed by atoms with Gasteiger partial charge in [-0.2, -0.15) is 0 Å². The number of para-hydroxylation sites is 1. The minimum atomic E-state index is -0.571. The lowest BCUT2D eigenvalue weighted by molar-refractivity contribution is 0.0459. The molecule has 2 aliphatic rings. The molecule has 3 N–H and O–H groups in total. The number of halogens is 1. The van der Waals surface area contributed by atoms with Crippen LogP contribution in [0.4, 0.5) is 15.8 Å². The Morgan fingerprint density at radius 2 is 1.86 bits per heavy atom. The SMILES string of the molecule is NC(=O)c1ccc(F)cc1N1CCN(c2cccc3c2OCC(CO)O3)CC1. The molecule has 4 rings (SSSR count). The number of carbonyl (C=O) groups is 1. The first-order valence-electron chi connectivity index (χ1n) is 9.19. The van der Waals surface area contributed by atoms with Crippen LogP contribution >= 0.6 is 0 Å². The van der Waals surface area contributed by atoms with Crippen LogP contribution in [0.2, 0.25) is 0 Å². The van der Waals surface area contributed by atoms with E-state index in [1.165, 1.54) is 18.2 Å². The monoisotopic (exact) mass is 387 g/mol. The number of primary amides is 1. The molecular weight excluding hydrogens is 365 g/mol. The van der Waals surface area contributed by atoms with E-state index in [1.54, 1.807) is 0 Å². The van der Waals surface area contributed by atoms with Crippen LogP contribution in [0.5, 0.6) is 11.5 Å². The first-order chi connectivity index (χ1) is 13.6. The van der Waals surface area contributed by atoms with Crippen LogP contribution in [0.15, 0.2) is 36.4 Å². The van der Waals surface area contributed by atoms with Crippen molar-refractivity contribution in [3.05, 3.63) is 47.8 Å². The molecule has 1 amide bonds. The summed E-state index contributed by atoms with van der Waals surface area (Å²) >= 11 is 0. The molecule has 1 atom stereocenters. The Morgan fingerprint density at radius 1 is 1.14 bits per heavy atom. The lowest BCUT2D eigenvalue weighted by Crippen LogP contribution is -2.47. The number of aliphatic hydroxyl groups is 1. The zero-order valence-electron chi connectivity index (χ0n) is 15.3. The summed E-state index contributed by atoms with van der Waals surface area (Å²) in [5.41, 5.74) is 7.20. The van der Waals surface area contributed by atoms with Crippen molar-refractivity contribution in [2.24, 2.45) is 5.73 Å². The van der Waals surface area contributed by atoms with Gasteiger partial charge in [-0.1, -0.05) is 6.07 Å². The highest BCUT2D eigenvalue weighted by Crippen LogP contribution is 2.41. The van der Waals surface area contributed by atoms with Crippen molar-refractivity contribution in [1.82, 2.24) is 0 Å². The van der Waals surface area contributed by atoms with Crippen molar-refractivity contribution in [3.8, 4) is 11.5 Å². The number of fused-ring (bicyclic) bond motifs is 1. The Morgan fingerprint density at radius 3 is 2.54 bits per heavy atom. The second-order valence-electron chi connectivity index (χ2n) is 6.84. The molecule has 1 unspecified atom stereocenters. The summed E-state index contributed by atoms with van der Waals surface area (Å²) in [6, 6.07) is 9.70. The summed E-state index contributed by atoms with van der Waals surface area (Å²) in [5.74, 6) is 0.317. The van der Waals surface area contributed by atoms with Gasteiger partial charge in [0.25, 0.3) is 5.91 Å². The number of benzene rings is 2. The van der Waals surface area contributed by atoms with E-state index >= 15 is 0 Å². The number of nitrogens with zero attached hydrogens (tertiary/aromatic N) is 2. The summed E-state index contributed by atoms with van der Waals surface area (Å²) in [6.07, 6.45) is -0.361. The van der Waals surface area contributed by atoms with Crippen molar-refractivity contribution in [1.29, 1.82) is 0 Å². The van der Waals surface area contributed by atoms with E-state index in [0.717, 1.165) is 5.69 Å². The Bertz CT molecular complexity index is 884. The van der Waals surface area contributed by atoms with Crippen LogP contribution in [0.1, 0.15) is 10.4 Å². The standard InChI is InChI=1S/C20H22FN3O4/c21-13-4-5-15(20(22)26)17(10-13)24-8-6-23(7-9-24)16-2-1-3-18-19(16)27-12-14(11-25)28-18/h1-5,10,14,25H,6-9,11-12H2,(H2,22,26). The van der Waals surface area contributed by atoms with E-state index in [1.807, 2.05) is 23.1 Å². The molecule has 2 heterocycles. The molecule has 148 valence electrons. The first-order valence-corrected chi connectivity index (χ1v) is 9.19. The average Bonchev–Trinajstić information content (AvgIpc) is 2.72. The second-order valence-corrected chi connectivity index (χ2v) is 6.84. The van der Waals surface area contributed by atoms with E-state index in [0.29, 0.717) is 55.5 Å². The van der Waals surface area contributed by atoms with Gasteiger partial charge in [0, 0.05) is 26.2 Å². The second kappa shape index (κ2) is 7.55. The maximum atomic E-state index is 13.7. The predicted octanol–water partition coefficient (Wildman–Crippen LogP) is 1.38. The topological polar surface area (TPSA) is 88.3 Å². The molecular formula is C20H22FN3O4. The molecule has 28 heavy (non-hydrogen) atoms. The molecule has 1 fully saturated rings. The molecule has 2 aromatic rings. The van der Waals surface area contributed by atoms with Gasteiger partial charge in [0.05, 0.1) is 23.5 Å². The highest BCUT2D eigenvalue weighted by atomic mass is 19.1. The Kier molecular flexibility index (Phi) is 4.95. The summed E-state index contributed by atoms with van der Waals surface area (Å²) in [5, 5.41) is 9.27. The zero-order valence-corrected chi connectivity index (χ0v) is 15.3. The molecule has 0 saturated carbocycles. The molecule has 0 aromatic heterocycles. The predicted molar refractivity (Wildman–Crippen MR) is 103 cm³/mol. The Balaban J connectivity index is 1.52. The fourth-order valence-corrected chi connectivity index (χ4v) is 3.63. The molecule has 2 aromatic carbocycles. The summed E-state index contributed by atoms with van der Waals surface area (Å²) in [6.45, 7) is 2.74. The van der Waals surface area contributed by atoms with Crippen molar-refractivity contribution in [3.63, 3.8) is 0 Å². The van der Waals surface area contributed by atoms with Crippen LogP contribution in [0.25, 0.3) is 0 Å².